The maximum Gasteiger partial charge on any atom is 0.166 e. The molecule has 2 aliphatic rings. The molecule has 1 aliphatic heterocycles. The van der Waals surface area contributed by atoms with Crippen molar-refractivity contribution < 1.29 is 15.7 Å². The van der Waals surface area contributed by atoms with Crippen LogP contribution in [0.5, 0.6) is 11.5 Å². The average Bonchev–Trinajstić information content (AvgIpc) is 2.82. The molecule has 1 aliphatic carbocycles. The number of nitrogens with one attached hydrogen (secondary N) is 1. The lowest BCUT2D eigenvalue weighted by Gasteiger charge is -2.24. The molecule has 1 aromatic carbocycles. The molecule has 1 N–H and O–H groups in total. The van der Waals surface area contributed by atoms with Crippen molar-refractivity contribution in [1.82, 2.24) is 5.32 Å². The number of ketones is 1. The number of hydrogen-bond donors (Lipinski definition) is 1. The lowest BCUT2D eigenvalue weighted by atomic mass is 9.86. The first-order chi connectivity index (χ1) is 10.2. The van der Waals surface area contributed by atoms with E-state index in [1.807, 2.05) is 12.1 Å². The summed E-state index contributed by atoms with van der Waals surface area (Å²) in [6.07, 6.45) is 4.23. The fourth-order valence-corrected chi connectivity index (χ4v) is 3.61. The van der Waals surface area contributed by atoms with Gasteiger partial charge in [-0.2, -0.15) is 0 Å². The number of hydrogen-bond acceptors (Lipinski definition) is 4. The Morgan fingerprint density at radius 1 is 1.19 bits per heavy atom. The number of carbonyl (C=O) groups excluding carboxylic acids is 1. The molecule has 1 aromatic rings. The molecule has 1 fully saturated rings. The zero-order valence-corrected chi connectivity index (χ0v) is 12.8. The third kappa shape index (κ3) is 2.77. The molecular formula is C17H25NO3. The van der Waals surface area contributed by atoms with Gasteiger partial charge in [-0.05, 0) is 62.4 Å². The molecular weight excluding hydrogens is 266 g/mol. The number of ether oxygens (including phenoxy) is 2. The van der Waals surface area contributed by atoms with Crippen LogP contribution in [0.4, 0.5) is 0 Å². The third-order valence-electron chi connectivity index (χ3n) is 4.79. The Hall–Kier alpha value is -1.55. The zero-order valence-electron chi connectivity index (χ0n) is 12.8. The van der Waals surface area contributed by atoms with Gasteiger partial charge in [-0.1, -0.05) is 0 Å². The van der Waals surface area contributed by atoms with E-state index in [9.17, 15) is 4.79 Å². The van der Waals surface area contributed by atoms with E-state index in [0.717, 1.165) is 37.1 Å². The number of fused-ring (bicyclic) bond motifs is 1. The van der Waals surface area contributed by atoms with Crippen LogP contribution in [0.25, 0.3) is 0 Å². The standard InChI is InChI=1S/C17H23NO3.H2/c1-20-15-9-12-8-13(7-11-3-5-18-6-4-11)17(19)14(12)10-16(15)21-2;/h9-11,13,18H,3-8H2,1-2H3;1H. The van der Waals surface area contributed by atoms with Crippen LogP contribution in [0.1, 0.15) is 36.6 Å². The predicted molar refractivity (Wildman–Crippen MR) is 83.4 cm³/mol. The van der Waals surface area contributed by atoms with Crippen molar-refractivity contribution in [3.63, 3.8) is 0 Å². The van der Waals surface area contributed by atoms with Gasteiger partial charge in [0, 0.05) is 12.9 Å². The molecule has 4 nitrogen and oxygen atoms in total. The summed E-state index contributed by atoms with van der Waals surface area (Å²) in [4.78, 5) is 12.6. The molecule has 21 heavy (non-hydrogen) atoms. The summed E-state index contributed by atoms with van der Waals surface area (Å²) in [7, 11) is 3.24. The first-order valence-electron chi connectivity index (χ1n) is 7.72. The summed E-state index contributed by atoms with van der Waals surface area (Å²) in [5.74, 6) is 2.46. The van der Waals surface area contributed by atoms with E-state index in [0.29, 0.717) is 17.4 Å². The van der Waals surface area contributed by atoms with E-state index in [4.69, 9.17) is 9.47 Å². The molecule has 0 bridgehead atoms. The molecule has 4 heteroatoms. The number of carbonyl (C=O) groups is 1. The average molecular weight is 291 g/mol. The van der Waals surface area contributed by atoms with Crippen molar-refractivity contribution in [2.24, 2.45) is 11.8 Å². The number of benzene rings is 1. The summed E-state index contributed by atoms with van der Waals surface area (Å²) >= 11 is 0. The van der Waals surface area contributed by atoms with E-state index < -0.39 is 0 Å². The first kappa shape index (κ1) is 14.4. The van der Waals surface area contributed by atoms with Gasteiger partial charge < -0.3 is 14.8 Å². The van der Waals surface area contributed by atoms with Gasteiger partial charge in [-0.25, -0.2) is 0 Å². The van der Waals surface area contributed by atoms with Gasteiger partial charge in [0.05, 0.1) is 14.2 Å². The Balaban J connectivity index is 0.00000176. The van der Waals surface area contributed by atoms with Crippen LogP contribution in [0.15, 0.2) is 12.1 Å². The largest absolute Gasteiger partial charge is 0.493 e. The van der Waals surface area contributed by atoms with Crippen LogP contribution in [0, 0.1) is 11.8 Å². The highest BCUT2D eigenvalue weighted by Gasteiger charge is 2.33. The monoisotopic (exact) mass is 291 g/mol. The van der Waals surface area contributed by atoms with Crippen LogP contribution < -0.4 is 14.8 Å². The number of rotatable bonds is 4. The second-order valence-electron chi connectivity index (χ2n) is 6.06. The minimum absolute atomic E-state index is 0. The zero-order chi connectivity index (χ0) is 14.8. The normalized spacial score (nSPS) is 22.2. The molecule has 0 aromatic heterocycles. The van der Waals surface area contributed by atoms with E-state index in [-0.39, 0.29) is 13.1 Å². The Bertz CT molecular complexity index is 541. The maximum absolute atomic E-state index is 12.6. The molecule has 1 heterocycles. The van der Waals surface area contributed by atoms with Crippen molar-refractivity contribution in [3.05, 3.63) is 23.3 Å². The minimum atomic E-state index is 0. The highest BCUT2D eigenvalue weighted by atomic mass is 16.5. The Morgan fingerprint density at radius 2 is 1.86 bits per heavy atom. The van der Waals surface area contributed by atoms with Crippen LogP contribution in [-0.4, -0.2) is 33.1 Å². The Labute approximate surface area is 127 Å². The highest BCUT2D eigenvalue weighted by molar-refractivity contribution is 6.02. The summed E-state index contributed by atoms with van der Waals surface area (Å²) in [6, 6.07) is 3.81. The Kier molecular flexibility index (Phi) is 4.15. The SMILES string of the molecule is COc1cc2c(cc1OC)C(=O)C(CC1CCNCC1)C2.[HH]. The summed E-state index contributed by atoms with van der Waals surface area (Å²) in [5.41, 5.74) is 1.93. The summed E-state index contributed by atoms with van der Waals surface area (Å²) in [6.45, 7) is 2.17. The van der Waals surface area contributed by atoms with Crippen LogP contribution in [0.2, 0.25) is 0 Å². The van der Waals surface area contributed by atoms with Gasteiger partial charge in [0.15, 0.2) is 17.3 Å². The maximum atomic E-state index is 12.6. The fourth-order valence-electron chi connectivity index (χ4n) is 3.61. The van der Waals surface area contributed by atoms with Crippen molar-refractivity contribution in [3.8, 4) is 11.5 Å². The molecule has 0 radical (unpaired) electrons. The van der Waals surface area contributed by atoms with Crippen molar-refractivity contribution in [2.45, 2.75) is 25.7 Å². The van der Waals surface area contributed by atoms with Gasteiger partial charge in [0.25, 0.3) is 0 Å². The third-order valence-corrected chi connectivity index (χ3v) is 4.79. The minimum Gasteiger partial charge on any atom is -0.493 e. The first-order valence-corrected chi connectivity index (χ1v) is 7.72. The van der Waals surface area contributed by atoms with Gasteiger partial charge in [-0.3, -0.25) is 4.79 Å². The molecule has 3 rings (SSSR count). The van der Waals surface area contributed by atoms with Gasteiger partial charge in [-0.15, -0.1) is 0 Å². The van der Waals surface area contributed by atoms with E-state index >= 15 is 0 Å². The smallest absolute Gasteiger partial charge is 0.166 e. The molecule has 1 atom stereocenters. The van der Waals surface area contributed by atoms with Gasteiger partial charge >= 0.3 is 0 Å². The summed E-state index contributed by atoms with van der Waals surface area (Å²) in [5, 5.41) is 3.38. The molecule has 1 unspecified atom stereocenters. The molecule has 0 saturated carbocycles. The highest BCUT2D eigenvalue weighted by Crippen LogP contribution is 2.39. The molecule has 0 amide bonds. The van der Waals surface area contributed by atoms with Crippen LogP contribution in [0.3, 0.4) is 0 Å². The van der Waals surface area contributed by atoms with E-state index in [1.54, 1.807) is 14.2 Å². The molecule has 1 saturated heterocycles. The van der Waals surface area contributed by atoms with E-state index in [1.165, 1.54) is 12.8 Å². The summed E-state index contributed by atoms with van der Waals surface area (Å²) < 4.78 is 10.6. The second-order valence-corrected chi connectivity index (χ2v) is 6.06. The van der Waals surface area contributed by atoms with Crippen molar-refractivity contribution >= 4 is 5.78 Å². The molecule has 116 valence electrons. The number of piperidine rings is 1. The Morgan fingerprint density at radius 3 is 2.52 bits per heavy atom. The van der Waals surface area contributed by atoms with E-state index in [2.05, 4.69) is 5.32 Å². The van der Waals surface area contributed by atoms with Gasteiger partial charge in [0.2, 0.25) is 0 Å². The van der Waals surface area contributed by atoms with Crippen molar-refractivity contribution in [2.75, 3.05) is 27.3 Å². The second kappa shape index (κ2) is 6.06. The fraction of sp³-hybridized carbons (Fsp3) is 0.588. The quantitative estimate of drug-likeness (QED) is 0.926. The number of methoxy groups -OCH3 is 2. The predicted octanol–water partition coefficient (Wildman–Crippen LogP) is 2.69. The lowest BCUT2D eigenvalue weighted by Crippen LogP contribution is -2.29. The van der Waals surface area contributed by atoms with Crippen LogP contribution >= 0.6 is 0 Å². The molecule has 0 spiro atoms. The topological polar surface area (TPSA) is 47.6 Å². The van der Waals surface area contributed by atoms with Gasteiger partial charge in [0.1, 0.15) is 0 Å². The number of Topliss-reactive ketones (excluding diaryl/α,β-unsaturated/α-hetero) is 1. The van der Waals surface area contributed by atoms with Crippen LogP contribution in [-0.2, 0) is 6.42 Å². The lowest BCUT2D eigenvalue weighted by molar-refractivity contribution is 0.0913. The van der Waals surface area contributed by atoms with Crippen molar-refractivity contribution in [1.29, 1.82) is 0 Å².